The number of aromatic nitrogens is 1. The SMILES string of the molecule is COc1cc2c(C)c(C)n(C)c2cc1NC(=O)/C=C(\O)C(F)(F)F. The molecule has 8 heteroatoms. The van der Waals surface area contributed by atoms with Crippen molar-refractivity contribution >= 4 is 22.5 Å². The van der Waals surface area contributed by atoms with Crippen molar-refractivity contribution in [1.82, 2.24) is 4.57 Å². The number of rotatable bonds is 3. The molecule has 0 saturated carbocycles. The Morgan fingerprint density at radius 3 is 2.50 bits per heavy atom. The van der Waals surface area contributed by atoms with Crippen molar-refractivity contribution in [1.29, 1.82) is 0 Å². The van der Waals surface area contributed by atoms with Gasteiger partial charge in [-0.25, -0.2) is 0 Å². The Morgan fingerprint density at radius 2 is 1.96 bits per heavy atom. The Bertz CT molecular complexity index is 835. The third kappa shape index (κ3) is 3.17. The molecule has 0 radical (unpaired) electrons. The molecular weight excluding hydrogens is 325 g/mol. The Labute approximate surface area is 136 Å². The molecule has 1 heterocycles. The number of nitrogens with one attached hydrogen (secondary N) is 1. The summed E-state index contributed by atoms with van der Waals surface area (Å²) in [6.45, 7) is 3.88. The van der Waals surface area contributed by atoms with Crippen LogP contribution in [0.15, 0.2) is 24.0 Å². The van der Waals surface area contributed by atoms with E-state index in [1.165, 1.54) is 7.11 Å². The molecule has 2 aromatic rings. The average molecular weight is 342 g/mol. The molecule has 1 amide bonds. The normalized spacial score (nSPS) is 12.5. The quantitative estimate of drug-likeness (QED) is 0.660. The molecule has 0 bridgehead atoms. The molecule has 2 rings (SSSR count). The zero-order valence-corrected chi connectivity index (χ0v) is 13.6. The number of halogens is 3. The molecule has 2 N–H and O–H groups in total. The van der Waals surface area contributed by atoms with Gasteiger partial charge in [-0.3, -0.25) is 4.79 Å². The third-order valence-electron chi connectivity index (χ3n) is 3.95. The van der Waals surface area contributed by atoms with Gasteiger partial charge in [0.2, 0.25) is 5.76 Å². The van der Waals surface area contributed by atoms with Crippen molar-refractivity contribution in [3.63, 3.8) is 0 Å². The molecule has 1 aromatic carbocycles. The van der Waals surface area contributed by atoms with Crippen LogP contribution in [0, 0.1) is 13.8 Å². The first-order valence-corrected chi connectivity index (χ1v) is 6.98. The first-order valence-electron chi connectivity index (χ1n) is 6.98. The predicted molar refractivity (Wildman–Crippen MR) is 84.3 cm³/mol. The molecule has 1 aromatic heterocycles. The van der Waals surface area contributed by atoms with E-state index in [2.05, 4.69) is 5.32 Å². The first-order chi connectivity index (χ1) is 11.1. The van der Waals surface area contributed by atoms with Gasteiger partial charge in [0.1, 0.15) is 5.75 Å². The first kappa shape index (κ1) is 17.7. The van der Waals surface area contributed by atoms with E-state index >= 15 is 0 Å². The molecule has 130 valence electrons. The number of aryl methyl sites for hydroxylation is 2. The number of carbonyl (C=O) groups excluding carboxylic acids is 1. The van der Waals surface area contributed by atoms with Crippen LogP contribution in [-0.4, -0.2) is 28.9 Å². The topological polar surface area (TPSA) is 63.5 Å². The summed E-state index contributed by atoms with van der Waals surface area (Å²) < 4.78 is 43.9. The lowest BCUT2D eigenvalue weighted by Gasteiger charge is -2.11. The van der Waals surface area contributed by atoms with Crippen LogP contribution >= 0.6 is 0 Å². The summed E-state index contributed by atoms with van der Waals surface area (Å²) in [5.74, 6) is -2.76. The number of ether oxygens (including phenoxy) is 1. The number of carbonyl (C=O) groups is 1. The van der Waals surface area contributed by atoms with Gasteiger partial charge >= 0.3 is 6.18 Å². The lowest BCUT2D eigenvalue weighted by atomic mass is 10.1. The molecule has 5 nitrogen and oxygen atoms in total. The number of methoxy groups -OCH3 is 1. The fourth-order valence-electron chi connectivity index (χ4n) is 2.41. The summed E-state index contributed by atoms with van der Waals surface area (Å²) in [5, 5.41) is 12.1. The van der Waals surface area contributed by atoms with E-state index < -0.39 is 17.8 Å². The Hall–Kier alpha value is -2.64. The standard InChI is InChI=1S/C16H17F3N2O3/c1-8-9(2)21(3)12-6-11(13(24-4)5-10(8)12)20-15(23)7-14(22)16(17,18)19/h5-7,22H,1-4H3,(H,20,23)/b14-7-. The van der Waals surface area contributed by atoms with Gasteiger partial charge in [0.05, 0.1) is 24.4 Å². The van der Waals surface area contributed by atoms with Crippen LogP contribution in [0.3, 0.4) is 0 Å². The summed E-state index contributed by atoms with van der Waals surface area (Å²) >= 11 is 0. The molecule has 0 aliphatic rings. The van der Waals surface area contributed by atoms with Gasteiger partial charge in [0.15, 0.2) is 0 Å². The molecule has 0 aliphatic heterocycles. The second-order valence-corrected chi connectivity index (χ2v) is 5.36. The second kappa shape index (κ2) is 6.10. The molecular formula is C16H17F3N2O3. The largest absolute Gasteiger partial charge is 0.504 e. The molecule has 24 heavy (non-hydrogen) atoms. The fraction of sp³-hybridized carbons (Fsp3) is 0.312. The van der Waals surface area contributed by atoms with Crippen LogP contribution in [0.5, 0.6) is 5.75 Å². The summed E-state index contributed by atoms with van der Waals surface area (Å²) in [6, 6.07) is 3.32. The van der Waals surface area contributed by atoms with Crippen LogP contribution in [0.1, 0.15) is 11.3 Å². The fourth-order valence-corrected chi connectivity index (χ4v) is 2.41. The van der Waals surface area contributed by atoms with Crippen molar-refractivity contribution in [2.45, 2.75) is 20.0 Å². The Balaban J connectivity index is 2.45. The molecule has 0 saturated heterocycles. The summed E-state index contributed by atoms with van der Waals surface area (Å²) in [5.41, 5.74) is 3.07. The average Bonchev–Trinajstić information content (AvgIpc) is 2.70. The summed E-state index contributed by atoms with van der Waals surface area (Å²) in [7, 11) is 3.24. The van der Waals surface area contributed by atoms with Crippen molar-refractivity contribution in [3.8, 4) is 5.75 Å². The van der Waals surface area contributed by atoms with Gasteiger partial charge in [-0.2, -0.15) is 13.2 Å². The zero-order chi connectivity index (χ0) is 18.2. The lowest BCUT2D eigenvalue weighted by molar-refractivity contribution is -0.124. The molecule has 0 atom stereocenters. The van der Waals surface area contributed by atoms with Crippen LogP contribution in [-0.2, 0) is 11.8 Å². The van der Waals surface area contributed by atoms with Crippen LogP contribution in [0.4, 0.5) is 18.9 Å². The Kier molecular flexibility index (Phi) is 4.50. The maximum Gasteiger partial charge on any atom is 0.448 e. The van der Waals surface area contributed by atoms with E-state index in [1.807, 2.05) is 25.5 Å². The van der Waals surface area contributed by atoms with Crippen molar-refractivity contribution in [2.75, 3.05) is 12.4 Å². The smallest absolute Gasteiger partial charge is 0.448 e. The van der Waals surface area contributed by atoms with Crippen LogP contribution < -0.4 is 10.1 Å². The van der Waals surface area contributed by atoms with Gasteiger partial charge in [-0.1, -0.05) is 0 Å². The zero-order valence-electron chi connectivity index (χ0n) is 13.6. The number of hydrogen-bond donors (Lipinski definition) is 2. The second-order valence-electron chi connectivity index (χ2n) is 5.36. The van der Waals surface area contributed by atoms with E-state index in [0.717, 1.165) is 22.2 Å². The highest BCUT2D eigenvalue weighted by atomic mass is 19.4. The minimum atomic E-state index is -4.97. The minimum Gasteiger partial charge on any atom is -0.504 e. The highest BCUT2D eigenvalue weighted by Crippen LogP contribution is 2.34. The van der Waals surface area contributed by atoms with E-state index in [-0.39, 0.29) is 11.8 Å². The van der Waals surface area contributed by atoms with Gasteiger partial charge in [0, 0.05) is 18.1 Å². The minimum absolute atomic E-state index is 0.0884. The highest BCUT2D eigenvalue weighted by molar-refractivity contribution is 6.03. The number of allylic oxidation sites excluding steroid dienone is 1. The predicted octanol–water partition coefficient (Wildman–Crippen LogP) is 3.75. The lowest BCUT2D eigenvalue weighted by Crippen LogP contribution is -2.16. The summed E-state index contributed by atoms with van der Waals surface area (Å²) in [6.07, 6.45) is -4.89. The number of hydrogen-bond acceptors (Lipinski definition) is 3. The molecule has 0 spiro atoms. The number of fused-ring (bicyclic) bond motifs is 1. The highest BCUT2D eigenvalue weighted by Gasteiger charge is 2.34. The van der Waals surface area contributed by atoms with E-state index in [0.29, 0.717) is 5.75 Å². The number of anilines is 1. The van der Waals surface area contributed by atoms with E-state index in [9.17, 15) is 18.0 Å². The van der Waals surface area contributed by atoms with Gasteiger partial charge in [0.25, 0.3) is 5.91 Å². The third-order valence-corrected chi connectivity index (χ3v) is 3.95. The number of amides is 1. The van der Waals surface area contributed by atoms with Crippen molar-refractivity contribution in [2.24, 2.45) is 7.05 Å². The van der Waals surface area contributed by atoms with Crippen molar-refractivity contribution in [3.05, 3.63) is 35.2 Å². The summed E-state index contributed by atoms with van der Waals surface area (Å²) in [4.78, 5) is 11.7. The number of alkyl halides is 3. The molecule has 0 fully saturated rings. The van der Waals surface area contributed by atoms with Crippen LogP contribution in [0.2, 0.25) is 0 Å². The maximum absolute atomic E-state index is 12.3. The molecule has 0 aliphatic carbocycles. The van der Waals surface area contributed by atoms with Gasteiger partial charge < -0.3 is 19.7 Å². The molecule has 0 unspecified atom stereocenters. The van der Waals surface area contributed by atoms with Crippen molar-refractivity contribution < 1.29 is 27.8 Å². The number of nitrogens with zero attached hydrogens (tertiary/aromatic N) is 1. The van der Waals surface area contributed by atoms with Gasteiger partial charge in [-0.15, -0.1) is 0 Å². The number of aliphatic hydroxyl groups is 1. The van der Waals surface area contributed by atoms with E-state index in [1.54, 1.807) is 12.1 Å². The van der Waals surface area contributed by atoms with Crippen LogP contribution in [0.25, 0.3) is 10.9 Å². The Morgan fingerprint density at radius 1 is 1.33 bits per heavy atom. The maximum atomic E-state index is 12.3. The number of aliphatic hydroxyl groups excluding tert-OH is 1. The number of benzene rings is 1. The van der Waals surface area contributed by atoms with E-state index in [4.69, 9.17) is 9.84 Å². The monoisotopic (exact) mass is 342 g/mol. The van der Waals surface area contributed by atoms with Gasteiger partial charge in [-0.05, 0) is 31.5 Å².